The molecule has 0 aliphatic heterocycles. The van der Waals surface area contributed by atoms with Crippen molar-refractivity contribution in [3.63, 3.8) is 0 Å². The average Bonchev–Trinajstić information content (AvgIpc) is 3.44. The lowest BCUT2D eigenvalue weighted by Crippen LogP contribution is -2.26. The molecule has 1 fully saturated rings. The van der Waals surface area contributed by atoms with Crippen molar-refractivity contribution in [2.45, 2.75) is 25.3 Å². The van der Waals surface area contributed by atoms with Crippen molar-refractivity contribution in [3.05, 3.63) is 87.4 Å². The monoisotopic (exact) mass is 376 g/mol. The van der Waals surface area contributed by atoms with Gasteiger partial charge in [0.1, 0.15) is 5.52 Å². The molecule has 0 atom stereocenters. The number of halogens is 1. The minimum Gasteiger partial charge on any atom is -0.265 e. The van der Waals surface area contributed by atoms with E-state index in [4.69, 9.17) is 16.7 Å². The summed E-state index contributed by atoms with van der Waals surface area (Å²) < 4.78 is 3.28. The van der Waals surface area contributed by atoms with Crippen molar-refractivity contribution < 1.29 is 0 Å². The van der Waals surface area contributed by atoms with Crippen LogP contribution in [0.4, 0.5) is 0 Å². The van der Waals surface area contributed by atoms with Crippen LogP contribution in [0, 0.1) is 0 Å². The zero-order valence-corrected chi connectivity index (χ0v) is 15.3. The van der Waals surface area contributed by atoms with Crippen molar-refractivity contribution in [2.24, 2.45) is 0 Å². The van der Waals surface area contributed by atoms with Crippen LogP contribution in [0.2, 0.25) is 5.02 Å². The van der Waals surface area contributed by atoms with Crippen LogP contribution in [0.3, 0.4) is 0 Å². The van der Waals surface area contributed by atoms with Gasteiger partial charge in [0.05, 0.1) is 24.1 Å². The number of hydrogen-bond acceptors (Lipinski definition) is 3. The third kappa shape index (κ3) is 2.94. The van der Waals surface area contributed by atoms with E-state index >= 15 is 0 Å². The Bertz CT molecular complexity index is 1170. The molecule has 6 heteroatoms. The van der Waals surface area contributed by atoms with Crippen LogP contribution < -0.4 is 5.56 Å². The number of benzene rings is 2. The standard InChI is InChI=1S/C21H17ClN4O/c22-16-10-6-14(7-11-16)13-25-21(27)20-18(19(24-25)15-8-9-15)12-23-26(20)17-4-2-1-3-5-17/h1-7,10-12,15H,8-9,13H2. The molecular formula is C21H17ClN4O. The Kier molecular flexibility index (Phi) is 3.83. The first-order valence-electron chi connectivity index (χ1n) is 8.99. The van der Waals surface area contributed by atoms with Gasteiger partial charge in [-0.3, -0.25) is 4.79 Å². The molecule has 0 N–H and O–H groups in total. The zero-order chi connectivity index (χ0) is 18.4. The molecule has 0 unspecified atom stereocenters. The van der Waals surface area contributed by atoms with E-state index in [0.29, 0.717) is 23.0 Å². The summed E-state index contributed by atoms with van der Waals surface area (Å²) in [5.74, 6) is 0.415. The third-order valence-electron chi connectivity index (χ3n) is 4.92. The molecule has 0 spiro atoms. The number of fused-ring (bicyclic) bond motifs is 1. The number of rotatable bonds is 4. The topological polar surface area (TPSA) is 52.7 Å². The maximum atomic E-state index is 13.3. The fraction of sp³-hybridized carbons (Fsp3) is 0.190. The highest BCUT2D eigenvalue weighted by Gasteiger charge is 2.30. The molecule has 2 aromatic heterocycles. The first-order chi connectivity index (χ1) is 13.2. The number of para-hydroxylation sites is 1. The fourth-order valence-corrected chi connectivity index (χ4v) is 3.51. The van der Waals surface area contributed by atoms with Crippen LogP contribution in [-0.2, 0) is 6.54 Å². The molecule has 2 aromatic carbocycles. The summed E-state index contributed by atoms with van der Waals surface area (Å²) in [6.45, 7) is 0.408. The lowest BCUT2D eigenvalue weighted by molar-refractivity contribution is 0.626. The maximum Gasteiger partial charge on any atom is 0.293 e. The molecule has 27 heavy (non-hydrogen) atoms. The summed E-state index contributed by atoms with van der Waals surface area (Å²) in [4.78, 5) is 13.3. The summed E-state index contributed by atoms with van der Waals surface area (Å²) >= 11 is 5.98. The summed E-state index contributed by atoms with van der Waals surface area (Å²) in [7, 11) is 0. The molecule has 5 nitrogen and oxygen atoms in total. The average molecular weight is 377 g/mol. The predicted octanol–water partition coefficient (Wildman–Crippen LogP) is 4.16. The van der Waals surface area contributed by atoms with E-state index in [-0.39, 0.29) is 5.56 Å². The van der Waals surface area contributed by atoms with Crippen molar-refractivity contribution in [2.75, 3.05) is 0 Å². The Morgan fingerprint density at radius 3 is 2.48 bits per heavy atom. The second-order valence-corrected chi connectivity index (χ2v) is 7.34. The van der Waals surface area contributed by atoms with Crippen LogP contribution in [-0.4, -0.2) is 19.6 Å². The normalized spacial score (nSPS) is 14.0. The first-order valence-corrected chi connectivity index (χ1v) is 9.37. The van der Waals surface area contributed by atoms with Gasteiger partial charge in [-0.05, 0) is 42.7 Å². The van der Waals surface area contributed by atoms with Crippen molar-refractivity contribution in [1.82, 2.24) is 19.6 Å². The molecule has 1 aliphatic carbocycles. The first kappa shape index (κ1) is 16.3. The highest BCUT2D eigenvalue weighted by molar-refractivity contribution is 6.30. The smallest absolute Gasteiger partial charge is 0.265 e. The van der Waals surface area contributed by atoms with E-state index in [0.717, 1.165) is 35.2 Å². The van der Waals surface area contributed by atoms with E-state index in [2.05, 4.69) is 5.10 Å². The molecule has 0 amide bonds. The Labute approximate surface area is 160 Å². The highest BCUT2D eigenvalue weighted by Crippen LogP contribution is 2.41. The van der Waals surface area contributed by atoms with Crippen LogP contribution in [0.1, 0.15) is 30.0 Å². The lowest BCUT2D eigenvalue weighted by atomic mass is 10.2. The van der Waals surface area contributed by atoms with Crippen LogP contribution in [0.5, 0.6) is 0 Å². The summed E-state index contributed by atoms with van der Waals surface area (Å²) in [5, 5.41) is 10.7. The summed E-state index contributed by atoms with van der Waals surface area (Å²) in [6, 6.07) is 17.2. The largest absolute Gasteiger partial charge is 0.293 e. The molecule has 5 rings (SSSR count). The van der Waals surface area contributed by atoms with Crippen LogP contribution in [0.15, 0.2) is 65.6 Å². The van der Waals surface area contributed by atoms with Crippen LogP contribution >= 0.6 is 11.6 Å². The SMILES string of the molecule is O=c1c2c(cnn2-c2ccccc2)c(C2CC2)nn1Cc1ccc(Cl)cc1. The fourth-order valence-electron chi connectivity index (χ4n) is 3.39. The number of hydrogen-bond donors (Lipinski definition) is 0. The quantitative estimate of drug-likeness (QED) is 0.537. The Hall–Kier alpha value is -2.92. The van der Waals surface area contributed by atoms with Gasteiger partial charge in [0.25, 0.3) is 5.56 Å². The molecule has 0 bridgehead atoms. The number of aromatic nitrogens is 4. The Morgan fingerprint density at radius 2 is 1.78 bits per heavy atom. The van der Waals surface area contributed by atoms with Crippen molar-refractivity contribution in [1.29, 1.82) is 0 Å². The lowest BCUT2D eigenvalue weighted by Gasteiger charge is -2.10. The highest BCUT2D eigenvalue weighted by atomic mass is 35.5. The van der Waals surface area contributed by atoms with Crippen molar-refractivity contribution in [3.8, 4) is 5.69 Å². The van der Waals surface area contributed by atoms with E-state index in [1.165, 1.54) is 0 Å². The van der Waals surface area contributed by atoms with E-state index in [1.807, 2.05) is 54.6 Å². The van der Waals surface area contributed by atoms with Gasteiger partial charge in [0, 0.05) is 16.3 Å². The maximum absolute atomic E-state index is 13.3. The summed E-state index contributed by atoms with van der Waals surface area (Å²) in [6.07, 6.45) is 3.99. The third-order valence-corrected chi connectivity index (χ3v) is 5.17. The molecular weight excluding hydrogens is 360 g/mol. The molecule has 1 aliphatic rings. The second kappa shape index (κ2) is 6.35. The van der Waals surface area contributed by atoms with Gasteiger partial charge in [0.2, 0.25) is 0 Å². The van der Waals surface area contributed by atoms with Crippen molar-refractivity contribution >= 4 is 22.5 Å². The second-order valence-electron chi connectivity index (χ2n) is 6.90. The minimum absolute atomic E-state index is 0.134. The minimum atomic E-state index is -0.134. The van der Waals surface area contributed by atoms with Gasteiger partial charge in [-0.2, -0.15) is 10.2 Å². The zero-order valence-electron chi connectivity index (χ0n) is 14.5. The predicted molar refractivity (Wildman–Crippen MR) is 106 cm³/mol. The van der Waals surface area contributed by atoms with Gasteiger partial charge >= 0.3 is 0 Å². The van der Waals surface area contributed by atoms with E-state index < -0.39 is 0 Å². The van der Waals surface area contributed by atoms with Gasteiger partial charge < -0.3 is 0 Å². The summed E-state index contributed by atoms with van der Waals surface area (Å²) in [5.41, 5.74) is 3.29. The van der Waals surface area contributed by atoms with Crippen LogP contribution in [0.25, 0.3) is 16.6 Å². The number of nitrogens with zero attached hydrogens (tertiary/aromatic N) is 4. The Balaban J connectivity index is 1.70. The van der Waals surface area contributed by atoms with Gasteiger partial charge in [-0.25, -0.2) is 9.36 Å². The Morgan fingerprint density at radius 1 is 1.04 bits per heavy atom. The van der Waals surface area contributed by atoms with E-state index in [9.17, 15) is 4.79 Å². The van der Waals surface area contributed by atoms with Gasteiger partial charge in [-0.15, -0.1) is 0 Å². The van der Waals surface area contributed by atoms with Gasteiger partial charge in [-0.1, -0.05) is 41.9 Å². The molecule has 0 saturated heterocycles. The molecule has 0 radical (unpaired) electrons. The van der Waals surface area contributed by atoms with Gasteiger partial charge in [0.15, 0.2) is 0 Å². The molecule has 134 valence electrons. The van der Waals surface area contributed by atoms with E-state index in [1.54, 1.807) is 15.6 Å². The molecule has 1 saturated carbocycles. The molecule has 4 aromatic rings. The molecule has 2 heterocycles.